The van der Waals surface area contributed by atoms with E-state index in [1.807, 2.05) is 6.07 Å². The second-order valence-corrected chi connectivity index (χ2v) is 2.82. The van der Waals surface area contributed by atoms with E-state index < -0.39 is 6.09 Å². The van der Waals surface area contributed by atoms with Gasteiger partial charge in [0, 0.05) is 19.2 Å². The first-order valence-electron chi connectivity index (χ1n) is 4.18. The van der Waals surface area contributed by atoms with Gasteiger partial charge in [-0.25, -0.2) is 9.78 Å². The summed E-state index contributed by atoms with van der Waals surface area (Å²) in [4.78, 5) is 15.9. The maximum absolute atomic E-state index is 10.6. The van der Waals surface area contributed by atoms with Crippen LogP contribution in [0.15, 0.2) is 30.9 Å². The van der Waals surface area contributed by atoms with E-state index in [1.54, 1.807) is 18.2 Å². The Morgan fingerprint density at radius 3 is 3.00 bits per heavy atom. The molecule has 1 amide bonds. The Balaban J connectivity index is 2.92. The Labute approximate surface area is 82.5 Å². The average molecular weight is 192 g/mol. The lowest BCUT2D eigenvalue weighted by Gasteiger charge is -2.12. The smallest absolute Gasteiger partial charge is 0.412 e. The highest BCUT2D eigenvalue weighted by Crippen LogP contribution is 2.10. The van der Waals surface area contributed by atoms with E-state index in [9.17, 15) is 4.79 Å². The number of carboxylic acid groups (broad SMARTS) is 1. The van der Waals surface area contributed by atoms with E-state index in [0.29, 0.717) is 12.2 Å². The summed E-state index contributed by atoms with van der Waals surface area (Å²) in [5, 5.41) is 8.72. The van der Waals surface area contributed by atoms with E-state index in [2.05, 4.69) is 11.6 Å². The van der Waals surface area contributed by atoms with Gasteiger partial charge in [-0.05, 0) is 12.1 Å². The maximum atomic E-state index is 10.6. The van der Waals surface area contributed by atoms with Crippen molar-refractivity contribution in [3.05, 3.63) is 36.5 Å². The van der Waals surface area contributed by atoms with Crippen LogP contribution in [0.4, 0.5) is 10.6 Å². The minimum Gasteiger partial charge on any atom is -0.465 e. The third-order valence-corrected chi connectivity index (χ3v) is 1.78. The first-order valence-corrected chi connectivity index (χ1v) is 4.18. The number of hydrogen-bond acceptors (Lipinski definition) is 2. The molecule has 0 saturated carbocycles. The Hall–Kier alpha value is -1.84. The number of anilines is 1. The summed E-state index contributed by atoms with van der Waals surface area (Å²) in [5.41, 5.74) is 0.811. The van der Waals surface area contributed by atoms with Gasteiger partial charge in [-0.1, -0.05) is 12.1 Å². The topological polar surface area (TPSA) is 53.4 Å². The third-order valence-electron chi connectivity index (χ3n) is 1.78. The fourth-order valence-electron chi connectivity index (χ4n) is 1.01. The molecule has 1 N–H and O–H groups in total. The van der Waals surface area contributed by atoms with Crippen LogP contribution in [0.5, 0.6) is 0 Å². The summed E-state index contributed by atoms with van der Waals surface area (Å²) in [6.07, 6.45) is 1.35. The van der Waals surface area contributed by atoms with Gasteiger partial charge in [0.1, 0.15) is 5.82 Å². The quantitative estimate of drug-likeness (QED) is 0.744. The number of hydrogen-bond donors (Lipinski definition) is 1. The lowest BCUT2D eigenvalue weighted by atomic mass is 10.2. The minimum absolute atomic E-state index is 0.428. The summed E-state index contributed by atoms with van der Waals surface area (Å²) in [6, 6.07) is 5.27. The van der Waals surface area contributed by atoms with Crippen molar-refractivity contribution >= 4 is 11.9 Å². The molecule has 1 rings (SSSR count). The first kappa shape index (κ1) is 10.2. The predicted octanol–water partition coefficient (Wildman–Crippen LogP) is 1.92. The summed E-state index contributed by atoms with van der Waals surface area (Å²) < 4.78 is 0. The van der Waals surface area contributed by atoms with Crippen LogP contribution in [0.2, 0.25) is 0 Å². The van der Waals surface area contributed by atoms with E-state index in [1.165, 1.54) is 7.05 Å². The molecule has 0 radical (unpaired) electrons. The SMILES string of the molecule is C=CCc1cccc(N(C)C(=O)O)n1. The van der Waals surface area contributed by atoms with Crippen LogP contribution in [0.3, 0.4) is 0 Å². The number of aromatic nitrogens is 1. The zero-order valence-corrected chi connectivity index (χ0v) is 7.97. The van der Waals surface area contributed by atoms with E-state index >= 15 is 0 Å². The van der Waals surface area contributed by atoms with Crippen LogP contribution in [0, 0.1) is 0 Å². The first-order chi connectivity index (χ1) is 6.65. The molecule has 1 heterocycles. The maximum Gasteiger partial charge on any atom is 0.412 e. The molecule has 1 aromatic heterocycles. The van der Waals surface area contributed by atoms with Gasteiger partial charge in [0.15, 0.2) is 0 Å². The van der Waals surface area contributed by atoms with Crippen molar-refractivity contribution in [2.24, 2.45) is 0 Å². The summed E-state index contributed by atoms with van der Waals surface area (Å²) in [5.74, 6) is 0.428. The monoisotopic (exact) mass is 192 g/mol. The fraction of sp³-hybridized carbons (Fsp3) is 0.200. The van der Waals surface area contributed by atoms with Gasteiger partial charge in [0.25, 0.3) is 0 Å². The second kappa shape index (κ2) is 4.41. The molecule has 0 atom stereocenters. The van der Waals surface area contributed by atoms with Crippen LogP contribution in [0.25, 0.3) is 0 Å². The van der Waals surface area contributed by atoms with Gasteiger partial charge in [0.05, 0.1) is 0 Å². The zero-order valence-electron chi connectivity index (χ0n) is 7.97. The van der Waals surface area contributed by atoms with Crippen LogP contribution in [-0.4, -0.2) is 23.2 Å². The van der Waals surface area contributed by atoms with Crippen molar-refractivity contribution < 1.29 is 9.90 Å². The normalized spacial score (nSPS) is 9.50. The molecule has 4 nitrogen and oxygen atoms in total. The molecule has 4 heteroatoms. The molecular weight excluding hydrogens is 180 g/mol. The van der Waals surface area contributed by atoms with Crippen molar-refractivity contribution in [3.8, 4) is 0 Å². The van der Waals surface area contributed by atoms with Gasteiger partial charge in [0.2, 0.25) is 0 Å². The molecule has 0 spiro atoms. The number of carbonyl (C=O) groups is 1. The van der Waals surface area contributed by atoms with Gasteiger partial charge >= 0.3 is 6.09 Å². The lowest BCUT2D eigenvalue weighted by molar-refractivity contribution is 0.203. The van der Waals surface area contributed by atoms with Crippen LogP contribution >= 0.6 is 0 Å². The standard InChI is InChI=1S/C10H12N2O2/c1-3-5-8-6-4-7-9(11-8)12(2)10(13)14/h3-4,6-7H,1,5H2,2H3,(H,13,14). The third kappa shape index (κ3) is 2.32. The molecule has 74 valence electrons. The zero-order chi connectivity index (χ0) is 10.6. The second-order valence-electron chi connectivity index (χ2n) is 2.82. The molecule has 0 bridgehead atoms. The average Bonchev–Trinajstić information content (AvgIpc) is 2.17. The van der Waals surface area contributed by atoms with E-state index in [-0.39, 0.29) is 0 Å². The largest absolute Gasteiger partial charge is 0.465 e. The summed E-state index contributed by atoms with van der Waals surface area (Å²) in [6.45, 7) is 3.60. The van der Waals surface area contributed by atoms with Gasteiger partial charge < -0.3 is 5.11 Å². The number of rotatable bonds is 3. The molecule has 0 aromatic carbocycles. The molecule has 0 aliphatic carbocycles. The van der Waals surface area contributed by atoms with Crippen LogP contribution < -0.4 is 4.90 Å². The van der Waals surface area contributed by atoms with Crippen LogP contribution in [-0.2, 0) is 6.42 Å². The van der Waals surface area contributed by atoms with E-state index in [0.717, 1.165) is 10.6 Å². The molecule has 1 aromatic rings. The summed E-state index contributed by atoms with van der Waals surface area (Å²) in [7, 11) is 1.46. The highest BCUT2D eigenvalue weighted by molar-refractivity contribution is 5.83. The Kier molecular flexibility index (Phi) is 3.23. The van der Waals surface area contributed by atoms with E-state index in [4.69, 9.17) is 5.11 Å². The van der Waals surface area contributed by atoms with Crippen molar-refractivity contribution in [2.45, 2.75) is 6.42 Å². The number of pyridine rings is 1. The molecular formula is C10H12N2O2. The van der Waals surface area contributed by atoms with Gasteiger partial charge in [-0.3, -0.25) is 4.90 Å². The Bertz CT molecular complexity index is 350. The van der Waals surface area contributed by atoms with Crippen LogP contribution in [0.1, 0.15) is 5.69 Å². The van der Waals surface area contributed by atoms with Crippen molar-refractivity contribution in [2.75, 3.05) is 11.9 Å². The van der Waals surface area contributed by atoms with Crippen molar-refractivity contribution in [1.82, 2.24) is 4.98 Å². The summed E-state index contributed by atoms with van der Waals surface area (Å²) >= 11 is 0. The molecule has 0 unspecified atom stereocenters. The number of amides is 1. The molecule has 0 aliphatic heterocycles. The Morgan fingerprint density at radius 1 is 1.71 bits per heavy atom. The molecule has 0 fully saturated rings. The van der Waals surface area contributed by atoms with Gasteiger partial charge in [-0.2, -0.15) is 0 Å². The number of allylic oxidation sites excluding steroid dienone is 1. The molecule has 14 heavy (non-hydrogen) atoms. The molecule has 0 aliphatic rings. The molecule has 0 saturated heterocycles. The fourth-order valence-corrected chi connectivity index (χ4v) is 1.01. The number of nitrogens with zero attached hydrogens (tertiary/aromatic N) is 2. The predicted molar refractivity (Wildman–Crippen MR) is 54.6 cm³/mol. The highest BCUT2D eigenvalue weighted by Gasteiger charge is 2.09. The van der Waals surface area contributed by atoms with Gasteiger partial charge in [-0.15, -0.1) is 6.58 Å². The van der Waals surface area contributed by atoms with Crippen molar-refractivity contribution in [3.63, 3.8) is 0 Å². The van der Waals surface area contributed by atoms with Crippen molar-refractivity contribution in [1.29, 1.82) is 0 Å². The minimum atomic E-state index is -1.02. The Morgan fingerprint density at radius 2 is 2.43 bits per heavy atom. The highest BCUT2D eigenvalue weighted by atomic mass is 16.4. The lowest BCUT2D eigenvalue weighted by Crippen LogP contribution is -2.24.